The number of piperidine rings is 1. The number of carbonyl (C=O) groups is 1. The molecule has 1 aliphatic heterocycles. The fourth-order valence-electron chi connectivity index (χ4n) is 2.80. The van der Waals surface area contributed by atoms with Crippen LogP contribution in [0.1, 0.15) is 37.0 Å². The molecule has 1 aliphatic rings. The summed E-state index contributed by atoms with van der Waals surface area (Å²) in [6.07, 6.45) is 2.05. The predicted molar refractivity (Wildman–Crippen MR) is 81.5 cm³/mol. The predicted octanol–water partition coefficient (Wildman–Crippen LogP) is 1.95. The van der Waals surface area contributed by atoms with Crippen molar-refractivity contribution in [3.8, 4) is 11.5 Å². The summed E-state index contributed by atoms with van der Waals surface area (Å²) >= 11 is 0. The van der Waals surface area contributed by atoms with E-state index in [1.807, 2.05) is 4.90 Å². The quantitative estimate of drug-likeness (QED) is 0.742. The van der Waals surface area contributed by atoms with E-state index < -0.39 is 0 Å². The van der Waals surface area contributed by atoms with Crippen LogP contribution in [0.3, 0.4) is 0 Å². The fraction of sp³-hybridized carbons (Fsp3) is 0.562. The van der Waals surface area contributed by atoms with Gasteiger partial charge in [-0.2, -0.15) is 0 Å². The Balaban J connectivity index is 2.00. The molecule has 1 amide bonds. The molecule has 0 spiro atoms. The van der Waals surface area contributed by atoms with Gasteiger partial charge in [0.1, 0.15) is 0 Å². The Hall–Kier alpha value is -1.75. The molecule has 21 heavy (non-hydrogen) atoms. The van der Waals surface area contributed by atoms with Gasteiger partial charge in [-0.15, -0.1) is 0 Å². The molecular formula is C16H24N2O3. The maximum Gasteiger partial charge on any atom is 0.254 e. The van der Waals surface area contributed by atoms with Crippen molar-refractivity contribution >= 4 is 5.91 Å². The van der Waals surface area contributed by atoms with Crippen LogP contribution in [0.5, 0.6) is 11.5 Å². The molecule has 1 fully saturated rings. The van der Waals surface area contributed by atoms with Crippen molar-refractivity contribution in [3.05, 3.63) is 23.8 Å². The molecular weight excluding hydrogens is 268 g/mol. The lowest BCUT2D eigenvalue weighted by molar-refractivity contribution is 0.0645. The highest BCUT2D eigenvalue weighted by Gasteiger charge is 2.28. The summed E-state index contributed by atoms with van der Waals surface area (Å²) in [5.41, 5.74) is 0.414. The second-order valence-electron chi connectivity index (χ2n) is 5.78. The van der Waals surface area contributed by atoms with Crippen molar-refractivity contribution in [1.29, 1.82) is 0 Å². The van der Waals surface area contributed by atoms with Crippen molar-refractivity contribution in [1.82, 2.24) is 10.2 Å². The first-order chi connectivity index (χ1) is 10.0. The van der Waals surface area contributed by atoms with Gasteiger partial charge in [0.05, 0.1) is 0 Å². The third-order valence-corrected chi connectivity index (χ3v) is 4.07. The van der Waals surface area contributed by atoms with Gasteiger partial charge in [-0.05, 0) is 43.5 Å². The van der Waals surface area contributed by atoms with Gasteiger partial charge in [0.15, 0.2) is 11.5 Å². The number of likely N-dealkylation sites (tertiary alicyclic amines) is 1. The molecule has 0 aromatic heterocycles. The number of phenolic OH excluding ortho intramolecular Hbond substituents is 2. The van der Waals surface area contributed by atoms with Crippen LogP contribution < -0.4 is 5.32 Å². The number of phenols is 2. The van der Waals surface area contributed by atoms with Crippen molar-refractivity contribution < 1.29 is 15.0 Å². The number of benzene rings is 1. The van der Waals surface area contributed by atoms with Crippen molar-refractivity contribution in [3.63, 3.8) is 0 Å². The summed E-state index contributed by atoms with van der Waals surface area (Å²) < 4.78 is 0. The van der Waals surface area contributed by atoms with E-state index in [0.29, 0.717) is 30.6 Å². The maximum atomic E-state index is 12.4. The molecule has 1 aromatic carbocycles. The molecule has 0 aliphatic carbocycles. The van der Waals surface area contributed by atoms with Gasteiger partial charge in [-0.25, -0.2) is 0 Å². The Morgan fingerprint density at radius 3 is 2.76 bits per heavy atom. The average Bonchev–Trinajstić information content (AvgIpc) is 2.48. The van der Waals surface area contributed by atoms with Crippen LogP contribution in [0.2, 0.25) is 0 Å². The molecule has 3 N–H and O–H groups in total. The minimum atomic E-state index is -0.256. The van der Waals surface area contributed by atoms with E-state index in [9.17, 15) is 15.0 Å². The molecule has 2 rings (SSSR count). The van der Waals surface area contributed by atoms with Crippen LogP contribution in [0.25, 0.3) is 0 Å². The Morgan fingerprint density at radius 2 is 2.14 bits per heavy atom. The molecule has 2 atom stereocenters. The van der Waals surface area contributed by atoms with Crippen LogP contribution >= 0.6 is 0 Å². The summed E-state index contributed by atoms with van der Waals surface area (Å²) in [7, 11) is 0. The third-order valence-electron chi connectivity index (χ3n) is 4.07. The number of rotatable bonds is 4. The molecule has 5 heteroatoms. The SMILES string of the molecule is CCCNC1CCN(C(=O)c2ccc(O)c(O)c2)CC1C. The molecule has 2 unspecified atom stereocenters. The normalized spacial score (nSPS) is 22.3. The monoisotopic (exact) mass is 292 g/mol. The number of aromatic hydroxyl groups is 2. The highest BCUT2D eigenvalue weighted by molar-refractivity contribution is 5.95. The summed E-state index contributed by atoms with van der Waals surface area (Å²) in [6.45, 7) is 6.73. The van der Waals surface area contributed by atoms with E-state index in [-0.39, 0.29) is 17.4 Å². The lowest BCUT2D eigenvalue weighted by Gasteiger charge is -2.37. The van der Waals surface area contributed by atoms with Gasteiger partial charge < -0.3 is 20.4 Å². The molecule has 1 saturated heterocycles. The number of hydrogen-bond acceptors (Lipinski definition) is 4. The van der Waals surface area contributed by atoms with Gasteiger partial charge in [0, 0.05) is 24.7 Å². The Labute approximate surface area is 125 Å². The molecule has 0 saturated carbocycles. The highest BCUT2D eigenvalue weighted by atomic mass is 16.3. The van der Waals surface area contributed by atoms with Gasteiger partial charge in [-0.1, -0.05) is 13.8 Å². The highest BCUT2D eigenvalue weighted by Crippen LogP contribution is 2.26. The summed E-state index contributed by atoms with van der Waals surface area (Å²) in [5.74, 6) is -0.151. The van der Waals surface area contributed by atoms with Crippen LogP contribution in [0, 0.1) is 5.92 Å². The van der Waals surface area contributed by atoms with Gasteiger partial charge >= 0.3 is 0 Å². The smallest absolute Gasteiger partial charge is 0.254 e. The number of amides is 1. The van der Waals surface area contributed by atoms with Crippen molar-refractivity contribution in [2.24, 2.45) is 5.92 Å². The number of carbonyl (C=O) groups excluding carboxylic acids is 1. The zero-order chi connectivity index (χ0) is 15.4. The second-order valence-corrected chi connectivity index (χ2v) is 5.78. The minimum Gasteiger partial charge on any atom is -0.504 e. The molecule has 5 nitrogen and oxygen atoms in total. The van der Waals surface area contributed by atoms with E-state index in [0.717, 1.165) is 19.4 Å². The Morgan fingerprint density at radius 1 is 1.38 bits per heavy atom. The van der Waals surface area contributed by atoms with Gasteiger partial charge in [-0.3, -0.25) is 4.79 Å². The largest absolute Gasteiger partial charge is 0.504 e. The number of nitrogens with zero attached hydrogens (tertiary/aromatic N) is 1. The maximum absolute atomic E-state index is 12.4. The lowest BCUT2D eigenvalue weighted by atomic mass is 9.93. The minimum absolute atomic E-state index is 0.0916. The Bertz CT molecular complexity index is 504. The zero-order valence-electron chi connectivity index (χ0n) is 12.7. The van der Waals surface area contributed by atoms with Crippen LogP contribution in [-0.4, -0.2) is 46.7 Å². The van der Waals surface area contributed by atoms with Crippen LogP contribution in [0.4, 0.5) is 0 Å². The fourth-order valence-corrected chi connectivity index (χ4v) is 2.80. The van der Waals surface area contributed by atoms with E-state index in [4.69, 9.17) is 0 Å². The first-order valence-corrected chi connectivity index (χ1v) is 7.57. The van der Waals surface area contributed by atoms with Crippen molar-refractivity contribution in [2.75, 3.05) is 19.6 Å². The van der Waals surface area contributed by atoms with E-state index in [1.165, 1.54) is 12.1 Å². The van der Waals surface area contributed by atoms with Crippen molar-refractivity contribution in [2.45, 2.75) is 32.7 Å². The van der Waals surface area contributed by atoms with Gasteiger partial charge in [0.2, 0.25) is 0 Å². The molecule has 1 heterocycles. The topological polar surface area (TPSA) is 72.8 Å². The summed E-state index contributed by atoms with van der Waals surface area (Å²) in [6, 6.07) is 4.68. The van der Waals surface area contributed by atoms with Gasteiger partial charge in [0.25, 0.3) is 5.91 Å². The molecule has 0 bridgehead atoms. The number of hydrogen-bond donors (Lipinski definition) is 3. The van der Waals surface area contributed by atoms with E-state index >= 15 is 0 Å². The molecule has 116 valence electrons. The molecule has 0 radical (unpaired) electrons. The summed E-state index contributed by atoms with van der Waals surface area (Å²) in [5, 5.41) is 22.3. The van der Waals surface area contributed by atoms with E-state index in [2.05, 4.69) is 19.2 Å². The summed E-state index contributed by atoms with van der Waals surface area (Å²) in [4.78, 5) is 14.3. The first kappa shape index (κ1) is 15.6. The second kappa shape index (κ2) is 6.80. The third kappa shape index (κ3) is 3.67. The average molecular weight is 292 g/mol. The van der Waals surface area contributed by atoms with E-state index in [1.54, 1.807) is 6.07 Å². The van der Waals surface area contributed by atoms with Crippen LogP contribution in [0.15, 0.2) is 18.2 Å². The van der Waals surface area contributed by atoms with Crippen LogP contribution in [-0.2, 0) is 0 Å². The lowest BCUT2D eigenvalue weighted by Crippen LogP contribution is -2.50. The first-order valence-electron chi connectivity index (χ1n) is 7.57. The zero-order valence-corrected chi connectivity index (χ0v) is 12.7. The number of nitrogens with one attached hydrogen (secondary N) is 1. The Kier molecular flexibility index (Phi) is 5.07. The molecule has 1 aromatic rings. The standard InChI is InChI=1S/C16H24N2O3/c1-3-7-17-13-6-8-18(10-11(13)2)16(21)12-4-5-14(19)15(20)9-12/h4-5,9,11,13,17,19-20H,3,6-8,10H2,1-2H3.